The highest BCUT2D eigenvalue weighted by Gasteiger charge is 2.34. The van der Waals surface area contributed by atoms with Crippen LogP contribution in [-0.4, -0.2) is 39.3 Å². The molecule has 0 saturated heterocycles. The molecule has 0 spiro atoms. The molecular weight excluding hydrogens is 389 g/mol. The van der Waals surface area contributed by atoms with Gasteiger partial charge in [-0.1, -0.05) is 12.1 Å². The number of likely N-dealkylation sites (N-methyl/N-ethyl adjacent to an activating group) is 1. The zero-order valence-electron chi connectivity index (χ0n) is 17.1. The van der Waals surface area contributed by atoms with Gasteiger partial charge in [-0.3, -0.25) is 0 Å². The average molecular weight is 413 g/mol. The fourth-order valence-electron chi connectivity index (χ4n) is 3.26. The van der Waals surface area contributed by atoms with Crippen molar-refractivity contribution in [3.8, 4) is 5.75 Å². The third-order valence-electron chi connectivity index (χ3n) is 4.76. The Hall–Kier alpha value is -3.55. The molecule has 0 radical (unpaired) electrons. The minimum absolute atomic E-state index is 0.201. The number of carbonyl (C=O) groups excluding carboxylic acids is 2. The summed E-state index contributed by atoms with van der Waals surface area (Å²) in [5, 5.41) is 5.52. The molecule has 0 aromatic heterocycles. The second kappa shape index (κ2) is 9.30. The number of hydrogen-bond donors (Lipinski definition) is 2. The van der Waals surface area contributed by atoms with Gasteiger partial charge in [-0.15, -0.1) is 0 Å². The van der Waals surface area contributed by atoms with E-state index in [9.17, 15) is 14.0 Å². The minimum atomic E-state index is -0.680. The highest BCUT2D eigenvalue weighted by molar-refractivity contribution is 5.95. The predicted octanol–water partition coefficient (Wildman–Crippen LogP) is 3.14. The number of nitrogens with one attached hydrogen (secondary N) is 2. The van der Waals surface area contributed by atoms with Crippen LogP contribution in [0.1, 0.15) is 18.5 Å². The van der Waals surface area contributed by atoms with E-state index in [0.717, 1.165) is 11.3 Å². The number of halogens is 1. The number of rotatable bonds is 7. The Kier molecular flexibility index (Phi) is 6.56. The standard InChI is InChI=1S/C22H24FN3O4/c1-4-30-21(27)19-18(13-26(2)16-9-7-15(23)8-10-16)24-22(28)25-20(19)14-5-11-17(29-3)12-6-14/h5-12,20H,4,13H2,1-3H3,(H2,24,25,28). The van der Waals surface area contributed by atoms with E-state index >= 15 is 0 Å². The molecule has 30 heavy (non-hydrogen) atoms. The maximum absolute atomic E-state index is 13.2. The van der Waals surface area contributed by atoms with Crippen LogP contribution in [-0.2, 0) is 9.53 Å². The van der Waals surface area contributed by atoms with Gasteiger partial charge in [0.2, 0.25) is 0 Å². The van der Waals surface area contributed by atoms with Gasteiger partial charge in [-0.05, 0) is 48.9 Å². The Morgan fingerprint density at radius 2 is 1.80 bits per heavy atom. The quantitative estimate of drug-likeness (QED) is 0.682. The number of urea groups is 1. The van der Waals surface area contributed by atoms with Gasteiger partial charge >= 0.3 is 12.0 Å². The highest BCUT2D eigenvalue weighted by atomic mass is 19.1. The summed E-state index contributed by atoms with van der Waals surface area (Å²) in [4.78, 5) is 27.0. The third-order valence-corrected chi connectivity index (χ3v) is 4.76. The molecule has 158 valence electrons. The van der Waals surface area contributed by atoms with Crippen molar-refractivity contribution in [1.82, 2.24) is 10.6 Å². The smallest absolute Gasteiger partial charge is 0.338 e. The lowest BCUT2D eigenvalue weighted by atomic mass is 9.95. The van der Waals surface area contributed by atoms with Crippen LogP contribution in [0, 0.1) is 5.82 Å². The number of nitrogens with zero attached hydrogens (tertiary/aromatic N) is 1. The molecule has 1 atom stereocenters. The van der Waals surface area contributed by atoms with Crippen LogP contribution in [0.15, 0.2) is 59.8 Å². The molecule has 1 unspecified atom stereocenters. The van der Waals surface area contributed by atoms with E-state index in [4.69, 9.17) is 9.47 Å². The van der Waals surface area contributed by atoms with Crippen LogP contribution in [0.2, 0.25) is 0 Å². The number of benzene rings is 2. The maximum Gasteiger partial charge on any atom is 0.338 e. The van der Waals surface area contributed by atoms with Crippen molar-refractivity contribution in [2.75, 3.05) is 32.2 Å². The zero-order chi connectivity index (χ0) is 21.7. The Bertz CT molecular complexity index is 942. The number of esters is 1. The normalized spacial score (nSPS) is 15.9. The van der Waals surface area contributed by atoms with E-state index < -0.39 is 18.0 Å². The molecule has 1 aliphatic heterocycles. The van der Waals surface area contributed by atoms with Crippen LogP contribution in [0.4, 0.5) is 14.9 Å². The Morgan fingerprint density at radius 1 is 1.13 bits per heavy atom. The van der Waals surface area contributed by atoms with Gasteiger partial charge in [-0.2, -0.15) is 0 Å². The topological polar surface area (TPSA) is 79.9 Å². The fourth-order valence-corrected chi connectivity index (χ4v) is 3.26. The van der Waals surface area contributed by atoms with Gasteiger partial charge in [0.25, 0.3) is 0 Å². The van der Waals surface area contributed by atoms with E-state index in [1.54, 1.807) is 57.5 Å². The molecule has 0 fully saturated rings. The first-order valence-corrected chi connectivity index (χ1v) is 9.51. The summed E-state index contributed by atoms with van der Waals surface area (Å²) < 4.78 is 23.7. The molecule has 7 nitrogen and oxygen atoms in total. The fraction of sp³-hybridized carbons (Fsp3) is 0.273. The Balaban J connectivity index is 1.99. The molecule has 8 heteroatoms. The van der Waals surface area contributed by atoms with Crippen LogP contribution in [0.3, 0.4) is 0 Å². The summed E-state index contributed by atoms with van der Waals surface area (Å²) in [6.45, 7) is 2.15. The maximum atomic E-state index is 13.2. The van der Waals surface area contributed by atoms with Crippen molar-refractivity contribution < 1.29 is 23.5 Å². The molecule has 1 aliphatic rings. The van der Waals surface area contributed by atoms with Crippen molar-refractivity contribution >= 4 is 17.7 Å². The second-order valence-corrected chi connectivity index (χ2v) is 6.75. The average Bonchev–Trinajstić information content (AvgIpc) is 2.74. The summed E-state index contributed by atoms with van der Waals surface area (Å²) in [5.74, 6) is -0.196. The SMILES string of the molecule is CCOC(=O)C1=C(CN(C)c2ccc(F)cc2)NC(=O)NC1c1ccc(OC)cc1. The third kappa shape index (κ3) is 4.71. The summed E-state index contributed by atoms with van der Waals surface area (Å²) >= 11 is 0. The number of carbonyl (C=O) groups is 2. The van der Waals surface area contributed by atoms with Crippen LogP contribution < -0.4 is 20.3 Å². The summed E-state index contributed by atoms with van der Waals surface area (Å²) in [7, 11) is 3.36. The Labute approximate surface area is 174 Å². The first-order chi connectivity index (χ1) is 14.4. The lowest BCUT2D eigenvalue weighted by Crippen LogP contribution is -2.48. The number of methoxy groups -OCH3 is 1. The van der Waals surface area contributed by atoms with Crippen molar-refractivity contribution in [3.63, 3.8) is 0 Å². The molecule has 1 heterocycles. The number of ether oxygens (including phenoxy) is 2. The lowest BCUT2D eigenvalue weighted by Gasteiger charge is -2.31. The zero-order valence-corrected chi connectivity index (χ0v) is 17.1. The van der Waals surface area contributed by atoms with E-state index in [1.165, 1.54) is 12.1 Å². The van der Waals surface area contributed by atoms with Gasteiger partial charge in [0.15, 0.2) is 0 Å². The molecule has 0 bridgehead atoms. The molecule has 3 rings (SSSR count). The molecule has 2 amide bonds. The van der Waals surface area contributed by atoms with E-state index in [-0.39, 0.29) is 19.0 Å². The van der Waals surface area contributed by atoms with Crippen LogP contribution in [0.5, 0.6) is 5.75 Å². The highest BCUT2D eigenvalue weighted by Crippen LogP contribution is 2.30. The summed E-state index contributed by atoms with van der Waals surface area (Å²) in [6, 6.07) is 12.0. The largest absolute Gasteiger partial charge is 0.497 e. The van der Waals surface area contributed by atoms with E-state index in [1.807, 2.05) is 4.90 Å². The number of anilines is 1. The number of amides is 2. The first-order valence-electron chi connectivity index (χ1n) is 9.51. The summed E-state index contributed by atoms with van der Waals surface area (Å²) in [6.07, 6.45) is 0. The monoisotopic (exact) mass is 413 g/mol. The molecule has 0 aliphatic carbocycles. The van der Waals surface area contributed by atoms with Gasteiger partial charge in [0.1, 0.15) is 11.6 Å². The molecule has 2 aromatic rings. The van der Waals surface area contributed by atoms with Crippen molar-refractivity contribution in [2.45, 2.75) is 13.0 Å². The molecular formula is C22H24FN3O4. The molecule has 2 N–H and O–H groups in total. The van der Waals surface area contributed by atoms with Gasteiger partial charge in [0, 0.05) is 12.7 Å². The first kappa shape index (κ1) is 21.2. The van der Waals surface area contributed by atoms with Crippen molar-refractivity contribution in [2.24, 2.45) is 0 Å². The summed E-state index contributed by atoms with van der Waals surface area (Å²) in [5.41, 5.74) is 2.19. The number of hydrogen-bond acceptors (Lipinski definition) is 5. The van der Waals surface area contributed by atoms with Gasteiger partial charge < -0.3 is 25.0 Å². The lowest BCUT2D eigenvalue weighted by molar-refractivity contribution is -0.139. The minimum Gasteiger partial charge on any atom is -0.497 e. The van der Waals surface area contributed by atoms with Gasteiger partial charge in [-0.25, -0.2) is 14.0 Å². The van der Waals surface area contributed by atoms with E-state index in [0.29, 0.717) is 17.0 Å². The van der Waals surface area contributed by atoms with Crippen molar-refractivity contribution in [3.05, 3.63) is 71.2 Å². The van der Waals surface area contributed by atoms with Crippen molar-refractivity contribution in [1.29, 1.82) is 0 Å². The van der Waals surface area contributed by atoms with Crippen LogP contribution >= 0.6 is 0 Å². The van der Waals surface area contributed by atoms with Crippen LogP contribution in [0.25, 0.3) is 0 Å². The predicted molar refractivity (Wildman–Crippen MR) is 111 cm³/mol. The van der Waals surface area contributed by atoms with Gasteiger partial charge in [0.05, 0.1) is 37.6 Å². The Morgan fingerprint density at radius 3 is 2.40 bits per heavy atom. The van der Waals surface area contributed by atoms with E-state index in [2.05, 4.69) is 10.6 Å². The molecule has 0 saturated carbocycles. The second-order valence-electron chi connectivity index (χ2n) is 6.75. The molecule has 2 aromatic carbocycles.